The maximum Gasteiger partial charge on any atom is 0.122 e. The van der Waals surface area contributed by atoms with Gasteiger partial charge in [-0.25, -0.2) is 0 Å². The van der Waals surface area contributed by atoms with Crippen molar-refractivity contribution in [2.45, 2.75) is 19.5 Å². The van der Waals surface area contributed by atoms with Crippen LogP contribution in [0.4, 0.5) is 0 Å². The summed E-state index contributed by atoms with van der Waals surface area (Å²) in [6, 6.07) is 14.6. The second-order valence-corrected chi connectivity index (χ2v) is 6.88. The Balaban J connectivity index is 1.44. The summed E-state index contributed by atoms with van der Waals surface area (Å²) in [4.78, 5) is 2.43. The number of aromatic amines is 1. The van der Waals surface area contributed by atoms with Gasteiger partial charge in [-0.1, -0.05) is 30.3 Å². The van der Waals surface area contributed by atoms with Crippen LogP contribution in [0.15, 0.2) is 53.1 Å². The van der Waals surface area contributed by atoms with Crippen LogP contribution in [0.5, 0.6) is 0 Å². The molecule has 0 bridgehead atoms. The molecular weight excluding hydrogens is 340 g/mol. The second kappa shape index (κ2) is 8.52. The standard InChI is InChI=1S/C21H26N4O2/c1-16-7-8-20(27-16)19(25-9-11-26-12-10-25)15-22-13-18-14-23-24-21(18)17-5-3-2-4-6-17/h2-8,14,19,22H,9-13,15H2,1H3,(H,23,24). The van der Waals surface area contributed by atoms with Crippen molar-refractivity contribution in [1.29, 1.82) is 0 Å². The number of morpholine rings is 1. The van der Waals surface area contributed by atoms with Gasteiger partial charge in [0.1, 0.15) is 11.5 Å². The summed E-state index contributed by atoms with van der Waals surface area (Å²) < 4.78 is 11.5. The Kier molecular flexibility index (Phi) is 5.67. The number of aryl methyl sites for hydroxylation is 1. The number of aromatic nitrogens is 2. The molecule has 1 saturated heterocycles. The van der Waals surface area contributed by atoms with Crippen LogP contribution < -0.4 is 5.32 Å². The number of nitrogens with one attached hydrogen (secondary N) is 2. The molecule has 1 aliphatic rings. The molecule has 2 N–H and O–H groups in total. The van der Waals surface area contributed by atoms with E-state index in [2.05, 4.69) is 38.6 Å². The highest BCUT2D eigenvalue weighted by Gasteiger charge is 2.25. The zero-order valence-corrected chi connectivity index (χ0v) is 15.6. The summed E-state index contributed by atoms with van der Waals surface area (Å²) in [5.41, 5.74) is 3.38. The maximum absolute atomic E-state index is 5.94. The predicted molar refractivity (Wildman–Crippen MR) is 104 cm³/mol. The molecule has 3 aromatic rings. The average molecular weight is 366 g/mol. The lowest BCUT2D eigenvalue weighted by Gasteiger charge is -2.33. The molecule has 0 saturated carbocycles. The minimum Gasteiger partial charge on any atom is -0.465 e. The molecule has 1 atom stereocenters. The van der Waals surface area contributed by atoms with Crippen LogP contribution in [-0.4, -0.2) is 47.9 Å². The zero-order chi connectivity index (χ0) is 18.5. The van der Waals surface area contributed by atoms with Crippen LogP contribution in [0.1, 0.15) is 23.1 Å². The van der Waals surface area contributed by atoms with E-state index < -0.39 is 0 Å². The van der Waals surface area contributed by atoms with E-state index in [0.29, 0.717) is 0 Å². The topological polar surface area (TPSA) is 66.3 Å². The van der Waals surface area contributed by atoms with E-state index >= 15 is 0 Å². The zero-order valence-electron chi connectivity index (χ0n) is 15.6. The van der Waals surface area contributed by atoms with Crippen LogP contribution in [0.3, 0.4) is 0 Å². The van der Waals surface area contributed by atoms with E-state index in [0.717, 1.165) is 67.7 Å². The minimum absolute atomic E-state index is 0.203. The highest BCUT2D eigenvalue weighted by Crippen LogP contribution is 2.24. The Morgan fingerprint density at radius 3 is 2.70 bits per heavy atom. The third-order valence-corrected chi connectivity index (χ3v) is 5.01. The molecule has 1 unspecified atom stereocenters. The Morgan fingerprint density at radius 2 is 1.96 bits per heavy atom. The summed E-state index contributed by atoms with van der Waals surface area (Å²) in [6.07, 6.45) is 1.90. The molecule has 6 nitrogen and oxygen atoms in total. The Hall–Kier alpha value is -2.41. The van der Waals surface area contributed by atoms with Gasteiger partial charge in [-0.2, -0.15) is 5.10 Å². The van der Waals surface area contributed by atoms with Crippen LogP contribution in [0, 0.1) is 6.92 Å². The van der Waals surface area contributed by atoms with Crippen molar-refractivity contribution in [2.75, 3.05) is 32.8 Å². The molecule has 1 fully saturated rings. The summed E-state index contributed by atoms with van der Waals surface area (Å²) >= 11 is 0. The number of H-pyrrole nitrogens is 1. The number of hydrogen-bond acceptors (Lipinski definition) is 5. The molecule has 2 aromatic heterocycles. The van der Waals surface area contributed by atoms with Crippen molar-refractivity contribution >= 4 is 0 Å². The average Bonchev–Trinajstić information content (AvgIpc) is 3.35. The summed E-state index contributed by atoms with van der Waals surface area (Å²) in [6.45, 7) is 6.95. The molecular formula is C21H26N4O2. The van der Waals surface area contributed by atoms with Gasteiger partial charge >= 0.3 is 0 Å². The normalized spacial score (nSPS) is 16.5. The van der Waals surface area contributed by atoms with Gasteiger partial charge < -0.3 is 14.5 Å². The number of rotatable bonds is 7. The number of benzene rings is 1. The molecule has 0 amide bonds. The smallest absolute Gasteiger partial charge is 0.122 e. The Morgan fingerprint density at radius 1 is 1.15 bits per heavy atom. The summed E-state index contributed by atoms with van der Waals surface area (Å²) in [7, 11) is 0. The van der Waals surface area contributed by atoms with Crippen molar-refractivity contribution in [3.63, 3.8) is 0 Å². The van der Waals surface area contributed by atoms with E-state index in [1.807, 2.05) is 37.4 Å². The maximum atomic E-state index is 5.94. The largest absolute Gasteiger partial charge is 0.465 e. The highest BCUT2D eigenvalue weighted by atomic mass is 16.5. The van der Waals surface area contributed by atoms with Crippen LogP contribution in [-0.2, 0) is 11.3 Å². The molecule has 6 heteroatoms. The quantitative estimate of drug-likeness (QED) is 0.672. The molecule has 27 heavy (non-hydrogen) atoms. The van der Waals surface area contributed by atoms with Crippen LogP contribution in [0.25, 0.3) is 11.3 Å². The third kappa shape index (κ3) is 4.30. The lowest BCUT2D eigenvalue weighted by atomic mass is 10.1. The third-order valence-electron chi connectivity index (χ3n) is 5.01. The van der Waals surface area contributed by atoms with Gasteiger partial charge in [0.15, 0.2) is 0 Å². The van der Waals surface area contributed by atoms with E-state index in [4.69, 9.17) is 9.15 Å². The summed E-state index contributed by atoms with van der Waals surface area (Å²) in [5, 5.41) is 11.0. The van der Waals surface area contributed by atoms with E-state index in [-0.39, 0.29) is 6.04 Å². The molecule has 0 spiro atoms. The molecule has 1 aromatic carbocycles. The van der Waals surface area contributed by atoms with Gasteiger partial charge in [0.2, 0.25) is 0 Å². The highest BCUT2D eigenvalue weighted by molar-refractivity contribution is 5.62. The van der Waals surface area contributed by atoms with Gasteiger partial charge in [-0.3, -0.25) is 10.00 Å². The van der Waals surface area contributed by atoms with Crippen molar-refractivity contribution < 1.29 is 9.15 Å². The van der Waals surface area contributed by atoms with E-state index in [9.17, 15) is 0 Å². The monoisotopic (exact) mass is 366 g/mol. The predicted octanol–water partition coefficient (Wildman–Crippen LogP) is 3.14. The number of hydrogen-bond donors (Lipinski definition) is 2. The molecule has 4 rings (SSSR count). The SMILES string of the molecule is Cc1ccc(C(CNCc2cn[nH]c2-c2ccccc2)N2CCOCC2)o1. The first-order valence-electron chi connectivity index (χ1n) is 9.48. The minimum atomic E-state index is 0.203. The van der Waals surface area contributed by atoms with E-state index in [1.165, 1.54) is 0 Å². The second-order valence-electron chi connectivity index (χ2n) is 6.88. The van der Waals surface area contributed by atoms with Crippen molar-refractivity contribution in [1.82, 2.24) is 20.4 Å². The van der Waals surface area contributed by atoms with Crippen LogP contribution >= 0.6 is 0 Å². The first-order valence-corrected chi connectivity index (χ1v) is 9.48. The van der Waals surface area contributed by atoms with Crippen molar-refractivity contribution in [2.24, 2.45) is 0 Å². The number of nitrogens with zero attached hydrogens (tertiary/aromatic N) is 2. The van der Waals surface area contributed by atoms with Crippen molar-refractivity contribution in [3.8, 4) is 11.3 Å². The van der Waals surface area contributed by atoms with Crippen molar-refractivity contribution in [3.05, 3.63) is 65.7 Å². The van der Waals surface area contributed by atoms with Gasteiger partial charge in [0.25, 0.3) is 0 Å². The van der Waals surface area contributed by atoms with E-state index in [1.54, 1.807) is 0 Å². The Labute approximate surface area is 159 Å². The summed E-state index contributed by atoms with van der Waals surface area (Å²) in [5.74, 6) is 1.96. The fourth-order valence-corrected chi connectivity index (χ4v) is 3.57. The van der Waals surface area contributed by atoms with Gasteiger partial charge in [-0.05, 0) is 24.6 Å². The van der Waals surface area contributed by atoms with Gasteiger partial charge in [0.05, 0.1) is 31.1 Å². The lowest BCUT2D eigenvalue weighted by Crippen LogP contribution is -2.42. The Bertz CT molecular complexity index is 837. The van der Waals surface area contributed by atoms with Crippen LogP contribution in [0.2, 0.25) is 0 Å². The molecule has 0 aliphatic carbocycles. The van der Waals surface area contributed by atoms with Gasteiger partial charge in [-0.15, -0.1) is 0 Å². The van der Waals surface area contributed by atoms with Gasteiger partial charge in [0, 0.05) is 31.7 Å². The fourth-order valence-electron chi connectivity index (χ4n) is 3.57. The molecule has 3 heterocycles. The molecule has 0 radical (unpaired) electrons. The number of ether oxygens (including phenoxy) is 1. The molecule has 1 aliphatic heterocycles. The number of furan rings is 1. The lowest BCUT2D eigenvalue weighted by molar-refractivity contribution is 0.0115. The fraction of sp³-hybridized carbons (Fsp3) is 0.381. The molecule has 142 valence electrons. The first kappa shape index (κ1) is 18.0. The first-order chi connectivity index (χ1) is 13.3.